The molecule has 5 nitrogen and oxygen atoms in total. The summed E-state index contributed by atoms with van der Waals surface area (Å²) in [5.41, 5.74) is 3.76. The number of hydrazine groups is 1. The van der Waals surface area contributed by atoms with E-state index >= 15 is 0 Å². The van der Waals surface area contributed by atoms with Gasteiger partial charge in [0.1, 0.15) is 0 Å². The van der Waals surface area contributed by atoms with Crippen molar-refractivity contribution in [2.24, 2.45) is 10.8 Å². The van der Waals surface area contributed by atoms with Gasteiger partial charge in [-0.15, -0.1) is 0 Å². The minimum absolute atomic E-state index is 0.118. The van der Waals surface area contributed by atoms with Gasteiger partial charge in [-0.1, -0.05) is 18.2 Å². The highest BCUT2D eigenvalue weighted by Gasteiger charge is 2.32. The van der Waals surface area contributed by atoms with E-state index in [4.69, 9.17) is 5.84 Å². The van der Waals surface area contributed by atoms with Crippen LogP contribution in [0, 0.1) is 0 Å². The first-order chi connectivity index (χ1) is 9.03. The van der Waals surface area contributed by atoms with Crippen molar-refractivity contribution < 1.29 is 0 Å². The molecule has 0 unspecified atom stereocenters. The molecule has 0 aromatic heterocycles. The Bertz CT molecular complexity index is 440. The van der Waals surface area contributed by atoms with Crippen LogP contribution in [0.3, 0.4) is 0 Å². The summed E-state index contributed by atoms with van der Waals surface area (Å²) in [6.07, 6.45) is 0. The number of nitrogens with zero attached hydrogens (tertiary/aromatic N) is 3. The van der Waals surface area contributed by atoms with E-state index in [1.165, 1.54) is 0 Å². The summed E-state index contributed by atoms with van der Waals surface area (Å²) >= 11 is 0. The summed E-state index contributed by atoms with van der Waals surface area (Å²) in [4.78, 5) is 9.14. The molecule has 0 amide bonds. The van der Waals surface area contributed by atoms with Crippen LogP contribution in [-0.2, 0) is 0 Å². The second kappa shape index (κ2) is 5.59. The highest BCUT2D eigenvalue weighted by atomic mass is 15.4. The number of piperazine rings is 1. The average Bonchev–Trinajstić information content (AvgIpc) is 2.40. The monoisotopic (exact) mass is 261 g/mol. The van der Waals surface area contributed by atoms with Gasteiger partial charge in [0.25, 0.3) is 0 Å². The number of nitrogens with two attached hydrogens (primary N) is 1. The lowest BCUT2D eigenvalue weighted by atomic mass is 10.00. The first-order valence-electron chi connectivity index (χ1n) is 6.59. The van der Waals surface area contributed by atoms with E-state index < -0.39 is 0 Å². The van der Waals surface area contributed by atoms with Crippen molar-refractivity contribution in [2.75, 3.05) is 26.7 Å². The van der Waals surface area contributed by atoms with Gasteiger partial charge in [-0.25, -0.2) is 10.8 Å². The highest BCUT2D eigenvalue weighted by Crippen LogP contribution is 2.19. The number of benzene rings is 1. The minimum Gasteiger partial charge on any atom is -0.338 e. The largest absolute Gasteiger partial charge is 0.338 e. The van der Waals surface area contributed by atoms with Crippen LogP contribution in [0.2, 0.25) is 0 Å². The first-order valence-corrected chi connectivity index (χ1v) is 6.59. The molecule has 0 atom stereocenters. The van der Waals surface area contributed by atoms with Gasteiger partial charge >= 0.3 is 0 Å². The van der Waals surface area contributed by atoms with E-state index in [-0.39, 0.29) is 5.54 Å². The van der Waals surface area contributed by atoms with Crippen LogP contribution in [-0.4, -0.2) is 48.0 Å². The maximum atomic E-state index is 5.64. The topological polar surface area (TPSA) is 56.9 Å². The van der Waals surface area contributed by atoms with Crippen molar-refractivity contribution >= 4 is 11.6 Å². The third kappa shape index (κ3) is 3.24. The fourth-order valence-electron chi connectivity index (χ4n) is 2.24. The molecule has 3 N–H and O–H groups in total. The Morgan fingerprint density at radius 1 is 1.26 bits per heavy atom. The number of aliphatic imine (C=N–C) groups is 1. The number of hydrogen-bond donors (Lipinski definition) is 2. The molecule has 19 heavy (non-hydrogen) atoms. The molecule has 2 rings (SSSR count). The lowest BCUT2D eigenvalue weighted by Gasteiger charge is -2.46. The van der Waals surface area contributed by atoms with Gasteiger partial charge in [0.2, 0.25) is 5.96 Å². The predicted octanol–water partition coefficient (Wildman–Crippen LogP) is 1.16. The van der Waals surface area contributed by atoms with Crippen molar-refractivity contribution in [3.05, 3.63) is 30.3 Å². The van der Waals surface area contributed by atoms with Gasteiger partial charge in [-0.2, -0.15) is 0 Å². The maximum Gasteiger partial charge on any atom is 0.213 e. The van der Waals surface area contributed by atoms with Crippen LogP contribution >= 0.6 is 0 Å². The normalized spacial score (nSPS) is 20.4. The third-order valence-electron chi connectivity index (χ3n) is 3.74. The van der Waals surface area contributed by atoms with Crippen molar-refractivity contribution in [1.29, 1.82) is 0 Å². The van der Waals surface area contributed by atoms with Crippen molar-refractivity contribution in [3.8, 4) is 0 Å². The zero-order valence-corrected chi connectivity index (χ0v) is 11.9. The SMILES string of the molecule is CN1CCN(C(=Nc2ccccc2)NN)CC1(C)C. The molecule has 1 saturated heterocycles. The van der Waals surface area contributed by atoms with E-state index in [2.05, 4.69) is 41.1 Å². The molecule has 0 radical (unpaired) electrons. The predicted molar refractivity (Wildman–Crippen MR) is 79.1 cm³/mol. The Labute approximate surface area is 115 Å². The second-order valence-corrected chi connectivity index (χ2v) is 5.57. The molecule has 1 aromatic rings. The van der Waals surface area contributed by atoms with Crippen molar-refractivity contribution in [2.45, 2.75) is 19.4 Å². The molecule has 0 bridgehead atoms. The number of hydrogen-bond acceptors (Lipinski definition) is 3. The van der Waals surface area contributed by atoms with Crippen LogP contribution in [0.15, 0.2) is 35.3 Å². The van der Waals surface area contributed by atoms with Crippen molar-refractivity contribution in [1.82, 2.24) is 15.2 Å². The number of para-hydroxylation sites is 1. The summed E-state index contributed by atoms with van der Waals surface area (Å²) in [6.45, 7) is 7.29. The lowest BCUT2D eigenvalue weighted by Crippen LogP contribution is -2.61. The summed E-state index contributed by atoms with van der Waals surface area (Å²) < 4.78 is 0. The summed E-state index contributed by atoms with van der Waals surface area (Å²) in [6, 6.07) is 9.87. The molecule has 104 valence electrons. The lowest BCUT2D eigenvalue weighted by molar-refractivity contribution is 0.0727. The fourth-order valence-corrected chi connectivity index (χ4v) is 2.24. The molecule has 1 aromatic carbocycles. The minimum atomic E-state index is 0.118. The number of nitrogens with one attached hydrogen (secondary N) is 1. The Morgan fingerprint density at radius 3 is 2.53 bits per heavy atom. The van der Waals surface area contributed by atoms with E-state index in [9.17, 15) is 0 Å². The van der Waals surface area contributed by atoms with E-state index in [1.54, 1.807) is 0 Å². The molecule has 1 heterocycles. The summed E-state index contributed by atoms with van der Waals surface area (Å²) in [5.74, 6) is 6.37. The summed E-state index contributed by atoms with van der Waals surface area (Å²) in [7, 11) is 2.15. The third-order valence-corrected chi connectivity index (χ3v) is 3.74. The molecule has 1 aliphatic heterocycles. The smallest absolute Gasteiger partial charge is 0.213 e. The molecular formula is C14H23N5. The van der Waals surface area contributed by atoms with Crippen LogP contribution in [0.1, 0.15) is 13.8 Å². The molecule has 0 spiro atoms. The van der Waals surface area contributed by atoms with Crippen LogP contribution in [0.4, 0.5) is 5.69 Å². The molecule has 1 aliphatic rings. The average molecular weight is 261 g/mol. The first kappa shape index (κ1) is 13.8. The Balaban J connectivity index is 2.17. The van der Waals surface area contributed by atoms with Gasteiger partial charge in [0.15, 0.2) is 0 Å². The quantitative estimate of drug-likeness (QED) is 0.345. The maximum absolute atomic E-state index is 5.64. The van der Waals surface area contributed by atoms with E-state index in [0.29, 0.717) is 0 Å². The Kier molecular flexibility index (Phi) is 4.07. The van der Waals surface area contributed by atoms with Gasteiger partial charge in [0, 0.05) is 25.2 Å². The number of guanidine groups is 1. The number of likely N-dealkylation sites (N-methyl/N-ethyl adjacent to an activating group) is 1. The van der Waals surface area contributed by atoms with Crippen molar-refractivity contribution in [3.63, 3.8) is 0 Å². The van der Waals surface area contributed by atoms with Gasteiger partial charge in [-0.3, -0.25) is 10.3 Å². The van der Waals surface area contributed by atoms with E-state index in [1.807, 2.05) is 30.3 Å². The zero-order valence-electron chi connectivity index (χ0n) is 11.9. The molecule has 5 heteroatoms. The van der Waals surface area contributed by atoms with E-state index in [0.717, 1.165) is 31.3 Å². The zero-order chi connectivity index (χ0) is 13.9. The summed E-state index contributed by atoms with van der Waals surface area (Å²) in [5, 5.41) is 0. The highest BCUT2D eigenvalue weighted by molar-refractivity contribution is 5.82. The number of rotatable bonds is 1. The standard InChI is InChI=1S/C14H23N5/c1-14(2)11-19(10-9-18(14)3)13(17-15)16-12-7-5-4-6-8-12/h4-8H,9-11,15H2,1-3H3,(H,16,17). The molecule has 1 fully saturated rings. The Morgan fingerprint density at radius 2 is 1.95 bits per heavy atom. The molecule has 0 aliphatic carbocycles. The molecule has 0 saturated carbocycles. The van der Waals surface area contributed by atoms with Gasteiger partial charge in [0.05, 0.1) is 5.69 Å². The van der Waals surface area contributed by atoms with Crippen LogP contribution in [0.25, 0.3) is 0 Å². The van der Waals surface area contributed by atoms with Crippen LogP contribution in [0.5, 0.6) is 0 Å². The van der Waals surface area contributed by atoms with Crippen LogP contribution < -0.4 is 11.3 Å². The second-order valence-electron chi connectivity index (χ2n) is 5.57. The van der Waals surface area contributed by atoms with Gasteiger partial charge < -0.3 is 4.90 Å². The fraction of sp³-hybridized carbons (Fsp3) is 0.500. The van der Waals surface area contributed by atoms with Gasteiger partial charge in [-0.05, 0) is 33.0 Å². The Hall–Kier alpha value is -1.59. The molecular weight excluding hydrogens is 238 g/mol.